The Morgan fingerprint density at radius 3 is 2.60 bits per heavy atom. The molecule has 110 valence electrons. The summed E-state index contributed by atoms with van der Waals surface area (Å²) in [6.45, 7) is 7.70. The molecule has 1 heterocycles. The Hall–Kier alpha value is -1.59. The van der Waals surface area contributed by atoms with Crippen molar-refractivity contribution < 1.29 is 4.79 Å². The third-order valence-corrected chi connectivity index (χ3v) is 3.74. The molecule has 1 amide bonds. The van der Waals surface area contributed by atoms with Crippen molar-refractivity contribution in [1.29, 1.82) is 0 Å². The van der Waals surface area contributed by atoms with Crippen LogP contribution in [0.25, 0.3) is 0 Å². The molecule has 2 rings (SSSR count). The number of carbonyl (C=O) groups excluding carboxylic acids is 1. The molecule has 0 bridgehead atoms. The van der Waals surface area contributed by atoms with Crippen molar-refractivity contribution >= 4 is 11.6 Å². The fourth-order valence-corrected chi connectivity index (χ4v) is 2.39. The van der Waals surface area contributed by atoms with Crippen LogP contribution in [0.1, 0.15) is 22.8 Å². The molecule has 5 heteroatoms. The predicted octanol–water partition coefficient (Wildman–Crippen LogP) is 0.766. The first-order chi connectivity index (χ1) is 9.60. The Morgan fingerprint density at radius 2 is 2.00 bits per heavy atom. The van der Waals surface area contributed by atoms with Crippen LogP contribution in [0, 0.1) is 0 Å². The average molecular weight is 276 g/mol. The molecule has 0 aromatic heterocycles. The Morgan fingerprint density at radius 1 is 1.30 bits per heavy atom. The van der Waals surface area contributed by atoms with Crippen molar-refractivity contribution in [2.24, 2.45) is 0 Å². The fraction of sp³-hybridized carbons (Fsp3) is 0.533. The maximum absolute atomic E-state index is 11.8. The van der Waals surface area contributed by atoms with Gasteiger partial charge in [0.05, 0.1) is 0 Å². The van der Waals surface area contributed by atoms with Crippen molar-refractivity contribution in [2.75, 3.05) is 45.5 Å². The summed E-state index contributed by atoms with van der Waals surface area (Å²) in [7, 11) is 2.15. The molecule has 0 unspecified atom stereocenters. The quantitative estimate of drug-likeness (QED) is 0.797. The summed E-state index contributed by atoms with van der Waals surface area (Å²) >= 11 is 0. The van der Waals surface area contributed by atoms with E-state index in [1.807, 2.05) is 19.1 Å². The van der Waals surface area contributed by atoms with Crippen LogP contribution < -0.4 is 11.1 Å². The van der Waals surface area contributed by atoms with Gasteiger partial charge in [0.1, 0.15) is 0 Å². The minimum Gasteiger partial charge on any atom is -0.398 e. The minimum atomic E-state index is -0.0645. The van der Waals surface area contributed by atoms with Crippen LogP contribution in [0.5, 0.6) is 0 Å². The highest BCUT2D eigenvalue weighted by molar-refractivity contribution is 5.95. The van der Waals surface area contributed by atoms with Gasteiger partial charge in [-0.05, 0) is 31.7 Å². The number of amides is 1. The first-order valence-corrected chi connectivity index (χ1v) is 7.17. The van der Waals surface area contributed by atoms with E-state index in [2.05, 4.69) is 22.2 Å². The van der Waals surface area contributed by atoms with Crippen molar-refractivity contribution in [3.63, 3.8) is 0 Å². The number of nitrogen functional groups attached to an aromatic ring is 1. The second kappa shape index (κ2) is 6.72. The second-order valence-corrected chi connectivity index (χ2v) is 5.35. The second-order valence-electron chi connectivity index (χ2n) is 5.35. The lowest BCUT2D eigenvalue weighted by Crippen LogP contribution is -2.43. The maximum Gasteiger partial charge on any atom is 0.251 e. The fourth-order valence-electron chi connectivity index (χ4n) is 2.39. The molecule has 0 spiro atoms. The smallest absolute Gasteiger partial charge is 0.251 e. The highest BCUT2D eigenvalue weighted by Gasteiger charge is 2.15. The Bertz CT molecular complexity index is 467. The van der Waals surface area contributed by atoms with Gasteiger partial charge in [-0.2, -0.15) is 0 Å². The van der Waals surface area contributed by atoms with Crippen molar-refractivity contribution in [3.8, 4) is 0 Å². The van der Waals surface area contributed by atoms with E-state index in [1.165, 1.54) is 0 Å². The zero-order chi connectivity index (χ0) is 14.5. The molecule has 1 aliphatic heterocycles. The SMILES string of the molecule is CCNC(=O)c1ccc(CN2CCN(C)CC2)c(N)c1. The van der Waals surface area contributed by atoms with Crippen LogP contribution in [-0.4, -0.2) is 55.5 Å². The lowest BCUT2D eigenvalue weighted by Gasteiger charge is -2.32. The van der Waals surface area contributed by atoms with Gasteiger partial charge in [0.25, 0.3) is 5.91 Å². The monoisotopic (exact) mass is 276 g/mol. The topological polar surface area (TPSA) is 61.6 Å². The normalized spacial score (nSPS) is 17.1. The number of nitrogens with one attached hydrogen (secondary N) is 1. The Labute approximate surface area is 120 Å². The minimum absolute atomic E-state index is 0.0645. The number of nitrogens with two attached hydrogens (primary N) is 1. The summed E-state index contributed by atoms with van der Waals surface area (Å²) < 4.78 is 0. The Kier molecular flexibility index (Phi) is 4.98. The van der Waals surface area contributed by atoms with E-state index in [4.69, 9.17) is 5.73 Å². The van der Waals surface area contributed by atoms with Gasteiger partial charge in [-0.1, -0.05) is 6.07 Å². The molecular weight excluding hydrogens is 252 g/mol. The molecule has 1 saturated heterocycles. The van der Waals surface area contributed by atoms with E-state index < -0.39 is 0 Å². The van der Waals surface area contributed by atoms with Crippen LogP contribution in [-0.2, 0) is 6.54 Å². The molecule has 1 aliphatic rings. The molecule has 0 saturated carbocycles. The number of rotatable bonds is 4. The average Bonchev–Trinajstić information content (AvgIpc) is 2.43. The number of hydrogen-bond donors (Lipinski definition) is 2. The molecule has 1 fully saturated rings. The highest BCUT2D eigenvalue weighted by atomic mass is 16.1. The third kappa shape index (κ3) is 3.71. The zero-order valence-corrected chi connectivity index (χ0v) is 12.4. The van der Waals surface area contributed by atoms with Gasteiger partial charge in [-0.15, -0.1) is 0 Å². The molecule has 3 N–H and O–H groups in total. The summed E-state index contributed by atoms with van der Waals surface area (Å²) in [6.07, 6.45) is 0. The van der Waals surface area contributed by atoms with Crippen LogP contribution >= 0.6 is 0 Å². The van der Waals surface area contributed by atoms with Crippen LogP contribution in [0.2, 0.25) is 0 Å². The van der Waals surface area contributed by atoms with Gasteiger partial charge in [-0.25, -0.2) is 0 Å². The zero-order valence-electron chi connectivity index (χ0n) is 12.4. The van der Waals surface area contributed by atoms with Gasteiger partial charge in [0, 0.05) is 50.5 Å². The van der Waals surface area contributed by atoms with Crippen molar-refractivity contribution in [2.45, 2.75) is 13.5 Å². The largest absolute Gasteiger partial charge is 0.398 e. The molecule has 1 aromatic carbocycles. The van der Waals surface area contributed by atoms with Crippen LogP contribution in [0.3, 0.4) is 0 Å². The third-order valence-electron chi connectivity index (χ3n) is 3.74. The molecule has 1 aromatic rings. The molecule has 20 heavy (non-hydrogen) atoms. The number of hydrogen-bond acceptors (Lipinski definition) is 4. The number of nitrogens with zero attached hydrogens (tertiary/aromatic N) is 2. The molecule has 0 radical (unpaired) electrons. The number of anilines is 1. The maximum atomic E-state index is 11.8. The van der Waals surface area contributed by atoms with Gasteiger partial charge < -0.3 is 16.0 Å². The summed E-state index contributed by atoms with van der Waals surface area (Å²) in [4.78, 5) is 16.5. The Balaban J connectivity index is 2.00. The van der Waals surface area contributed by atoms with Crippen LogP contribution in [0.15, 0.2) is 18.2 Å². The van der Waals surface area contributed by atoms with E-state index in [-0.39, 0.29) is 5.91 Å². The summed E-state index contributed by atoms with van der Waals surface area (Å²) in [5, 5.41) is 2.78. The van der Waals surface area contributed by atoms with Crippen molar-refractivity contribution in [1.82, 2.24) is 15.1 Å². The van der Waals surface area contributed by atoms with E-state index in [0.29, 0.717) is 17.8 Å². The van der Waals surface area contributed by atoms with Crippen LogP contribution in [0.4, 0.5) is 5.69 Å². The number of piperazine rings is 1. The number of likely N-dealkylation sites (N-methyl/N-ethyl adjacent to an activating group) is 1. The van der Waals surface area contributed by atoms with E-state index in [1.54, 1.807) is 6.07 Å². The molecule has 0 atom stereocenters. The van der Waals surface area contributed by atoms with E-state index in [0.717, 1.165) is 38.3 Å². The van der Waals surface area contributed by atoms with E-state index >= 15 is 0 Å². The molecule has 0 aliphatic carbocycles. The first-order valence-electron chi connectivity index (χ1n) is 7.17. The van der Waals surface area contributed by atoms with Gasteiger partial charge >= 0.3 is 0 Å². The number of carbonyl (C=O) groups is 1. The highest BCUT2D eigenvalue weighted by Crippen LogP contribution is 2.17. The number of benzene rings is 1. The first kappa shape index (κ1) is 14.8. The summed E-state index contributed by atoms with van der Waals surface area (Å²) in [5.41, 5.74) is 8.51. The summed E-state index contributed by atoms with van der Waals surface area (Å²) in [5.74, 6) is -0.0645. The standard InChI is InChI=1S/C15H24N4O/c1-3-17-15(20)12-4-5-13(14(16)10-12)11-19-8-6-18(2)7-9-19/h4-5,10H,3,6-9,11,16H2,1-2H3,(H,17,20). The predicted molar refractivity (Wildman–Crippen MR) is 81.6 cm³/mol. The molecule has 5 nitrogen and oxygen atoms in total. The van der Waals surface area contributed by atoms with Gasteiger partial charge in [0.15, 0.2) is 0 Å². The van der Waals surface area contributed by atoms with Crippen molar-refractivity contribution in [3.05, 3.63) is 29.3 Å². The lowest BCUT2D eigenvalue weighted by molar-refractivity contribution is 0.0956. The lowest BCUT2D eigenvalue weighted by atomic mass is 10.1. The van der Waals surface area contributed by atoms with Gasteiger partial charge in [-0.3, -0.25) is 9.69 Å². The van der Waals surface area contributed by atoms with E-state index in [9.17, 15) is 4.79 Å². The summed E-state index contributed by atoms with van der Waals surface area (Å²) in [6, 6.07) is 5.60. The molecular formula is C15H24N4O. The van der Waals surface area contributed by atoms with Gasteiger partial charge in [0.2, 0.25) is 0 Å².